The van der Waals surface area contributed by atoms with Crippen molar-refractivity contribution in [3.63, 3.8) is 0 Å². The molecule has 1 aliphatic rings. The fraction of sp³-hybridized carbons (Fsp3) is 0.400. The summed E-state index contributed by atoms with van der Waals surface area (Å²) in [7, 11) is 0. The molecule has 4 nitrogen and oxygen atoms in total. The molecular weight excluding hydrogens is 259 g/mol. The van der Waals surface area contributed by atoms with Gasteiger partial charge in [-0.3, -0.25) is 4.79 Å². The minimum atomic E-state index is -0.890. The van der Waals surface area contributed by atoms with Crippen LogP contribution in [0.2, 0.25) is 0 Å². The Labute approximate surface area is 117 Å². The van der Waals surface area contributed by atoms with Gasteiger partial charge in [-0.15, -0.1) is 0 Å². The topological polar surface area (TPSA) is 66.6 Å². The number of nitrogens with zero attached hydrogens (tertiary/aromatic N) is 1. The fourth-order valence-corrected chi connectivity index (χ4v) is 2.21. The first kappa shape index (κ1) is 14.5. The number of carbonyl (C=O) groups is 1. The van der Waals surface area contributed by atoms with E-state index in [1.807, 2.05) is 0 Å². The molecule has 1 heterocycles. The van der Waals surface area contributed by atoms with Gasteiger partial charge in [0, 0.05) is 18.7 Å². The summed E-state index contributed by atoms with van der Waals surface area (Å²) in [4.78, 5) is 13.7. The van der Waals surface area contributed by atoms with Crippen LogP contribution in [0.3, 0.4) is 0 Å². The zero-order valence-corrected chi connectivity index (χ0v) is 11.3. The summed E-state index contributed by atoms with van der Waals surface area (Å²) < 4.78 is 14.0. The van der Waals surface area contributed by atoms with Gasteiger partial charge in [0.2, 0.25) is 0 Å². The summed E-state index contributed by atoms with van der Waals surface area (Å²) in [5.74, 6) is 4.33. The van der Waals surface area contributed by atoms with E-state index in [0.29, 0.717) is 18.5 Å². The number of likely N-dealkylation sites (tertiary alicyclic amines) is 1. The van der Waals surface area contributed by atoms with Crippen molar-refractivity contribution in [2.75, 3.05) is 19.6 Å². The number of rotatable bonds is 1. The van der Waals surface area contributed by atoms with Crippen molar-refractivity contribution in [1.29, 1.82) is 0 Å². The highest BCUT2D eigenvalue weighted by Gasteiger charge is 2.34. The van der Waals surface area contributed by atoms with Crippen LogP contribution in [0.4, 0.5) is 4.39 Å². The van der Waals surface area contributed by atoms with Crippen molar-refractivity contribution < 1.29 is 14.3 Å². The number of aliphatic hydroxyl groups is 1. The smallest absolute Gasteiger partial charge is 0.256 e. The summed E-state index contributed by atoms with van der Waals surface area (Å²) in [5, 5.41) is 9.85. The Hall–Kier alpha value is -1.90. The van der Waals surface area contributed by atoms with Gasteiger partial charge in [-0.1, -0.05) is 11.8 Å². The van der Waals surface area contributed by atoms with Gasteiger partial charge in [0.25, 0.3) is 5.91 Å². The lowest BCUT2D eigenvalue weighted by Gasteiger charge is -2.19. The molecule has 0 spiro atoms. The minimum Gasteiger partial charge on any atom is -0.388 e. The number of amides is 1. The Morgan fingerprint density at radius 1 is 1.60 bits per heavy atom. The van der Waals surface area contributed by atoms with E-state index in [1.165, 1.54) is 17.0 Å². The maximum Gasteiger partial charge on any atom is 0.256 e. The maximum atomic E-state index is 14.0. The highest BCUT2D eigenvalue weighted by Crippen LogP contribution is 2.23. The van der Waals surface area contributed by atoms with E-state index in [-0.39, 0.29) is 18.7 Å². The average molecular weight is 276 g/mol. The lowest BCUT2D eigenvalue weighted by Crippen LogP contribution is -2.34. The van der Waals surface area contributed by atoms with Gasteiger partial charge < -0.3 is 15.7 Å². The molecule has 0 radical (unpaired) electrons. The quantitative estimate of drug-likeness (QED) is 0.743. The third-order valence-electron chi connectivity index (χ3n) is 3.27. The molecule has 0 saturated carbocycles. The Balaban J connectivity index is 2.19. The maximum absolute atomic E-state index is 14.0. The molecular formula is C15H17FN2O2. The molecule has 1 aromatic rings. The second kappa shape index (κ2) is 5.61. The molecule has 1 unspecified atom stereocenters. The van der Waals surface area contributed by atoms with Crippen LogP contribution in [0.15, 0.2) is 18.2 Å². The summed E-state index contributed by atoms with van der Waals surface area (Å²) in [6.45, 7) is 2.52. The molecule has 0 bridgehead atoms. The number of hydrogen-bond donors (Lipinski definition) is 2. The lowest BCUT2D eigenvalue weighted by atomic mass is 10.1. The third kappa shape index (κ3) is 3.16. The molecule has 1 fully saturated rings. The predicted octanol–water partition coefficient (Wildman–Crippen LogP) is 0.733. The third-order valence-corrected chi connectivity index (χ3v) is 3.27. The van der Waals surface area contributed by atoms with Crippen LogP contribution >= 0.6 is 0 Å². The van der Waals surface area contributed by atoms with Gasteiger partial charge >= 0.3 is 0 Å². The molecule has 3 N–H and O–H groups in total. The van der Waals surface area contributed by atoms with E-state index in [9.17, 15) is 14.3 Å². The monoisotopic (exact) mass is 276 g/mol. The average Bonchev–Trinajstić information content (AvgIpc) is 2.76. The second-order valence-electron chi connectivity index (χ2n) is 5.17. The highest BCUT2D eigenvalue weighted by atomic mass is 19.1. The van der Waals surface area contributed by atoms with Crippen LogP contribution in [-0.2, 0) is 0 Å². The van der Waals surface area contributed by atoms with Gasteiger partial charge in [-0.2, -0.15) is 0 Å². The van der Waals surface area contributed by atoms with Crippen molar-refractivity contribution >= 4 is 5.91 Å². The van der Waals surface area contributed by atoms with Crippen molar-refractivity contribution in [3.8, 4) is 11.8 Å². The van der Waals surface area contributed by atoms with E-state index < -0.39 is 17.3 Å². The zero-order valence-electron chi connectivity index (χ0n) is 11.3. The summed E-state index contributed by atoms with van der Waals surface area (Å²) in [6.07, 6.45) is 0.500. The largest absolute Gasteiger partial charge is 0.388 e. The Bertz CT molecular complexity index is 587. The Morgan fingerprint density at radius 3 is 2.90 bits per heavy atom. The summed E-state index contributed by atoms with van der Waals surface area (Å²) in [6, 6.07) is 4.24. The van der Waals surface area contributed by atoms with E-state index in [1.54, 1.807) is 13.0 Å². The predicted molar refractivity (Wildman–Crippen MR) is 73.5 cm³/mol. The van der Waals surface area contributed by atoms with Crippen molar-refractivity contribution in [3.05, 3.63) is 35.1 Å². The summed E-state index contributed by atoms with van der Waals surface area (Å²) in [5.41, 5.74) is 4.84. The SMILES string of the molecule is CC1(O)CCN(C(=O)c2ccc(C#CCN)cc2F)C1. The number of carbonyl (C=O) groups excluding carboxylic acids is 1. The van der Waals surface area contributed by atoms with E-state index in [2.05, 4.69) is 11.8 Å². The number of halogens is 1. The van der Waals surface area contributed by atoms with Crippen LogP contribution in [0.1, 0.15) is 29.3 Å². The number of benzene rings is 1. The van der Waals surface area contributed by atoms with Crippen LogP contribution in [0.5, 0.6) is 0 Å². The molecule has 1 atom stereocenters. The molecule has 0 aromatic heterocycles. The lowest BCUT2D eigenvalue weighted by molar-refractivity contribution is 0.0569. The van der Waals surface area contributed by atoms with Gasteiger partial charge in [-0.05, 0) is 31.5 Å². The fourth-order valence-electron chi connectivity index (χ4n) is 2.21. The molecule has 20 heavy (non-hydrogen) atoms. The Morgan fingerprint density at radius 2 is 2.35 bits per heavy atom. The van der Waals surface area contributed by atoms with Crippen LogP contribution in [0, 0.1) is 17.7 Å². The molecule has 0 aliphatic carbocycles. The zero-order chi connectivity index (χ0) is 14.8. The van der Waals surface area contributed by atoms with E-state index >= 15 is 0 Å². The molecule has 1 aromatic carbocycles. The number of β-amino-alcohol motifs (C(OH)–C–C–N with tert-alkyl or cyclic N) is 1. The highest BCUT2D eigenvalue weighted by molar-refractivity contribution is 5.94. The minimum absolute atomic E-state index is 0.000925. The first-order valence-corrected chi connectivity index (χ1v) is 6.43. The van der Waals surface area contributed by atoms with Crippen LogP contribution in [0.25, 0.3) is 0 Å². The van der Waals surface area contributed by atoms with Gasteiger partial charge in [0.1, 0.15) is 5.82 Å². The molecule has 1 aliphatic heterocycles. The number of hydrogen-bond acceptors (Lipinski definition) is 3. The van der Waals surface area contributed by atoms with Gasteiger partial charge in [0.05, 0.1) is 17.7 Å². The summed E-state index contributed by atoms with van der Waals surface area (Å²) >= 11 is 0. The van der Waals surface area contributed by atoms with Gasteiger partial charge in [0.15, 0.2) is 0 Å². The Kier molecular flexibility index (Phi) is 4.07. The van der Waals surface area contributed by atoms with Crippen LogP contribution in [-0.4, -0.2) is 41.1 Å². The first-order chi connectivity index (χ1) is 9.43. The van der Waals surface area contributed by atoms with E-state index in [4.69, 9.17) is 5.73 Å². The first-order valence-electron chi connectivity index (χ1n) is 6.43. The molecule has 5 heteroatoms. The second-order valence-corrected chi connectivity index (χ2v) is 5.17. The molecule has 1 saturated heterocycles. The molecule has 2 rings (SSSR count). The normalized spacial score (nSPS) is 21.5. The van der Waals surface area contributed by atoms with Crippen molar-refractivity contribution in [1.82, 2.24) is 4.90 Å². The van der Waals surface area contributed by atoms with E-state index in [0.717, 1.165) is 0 Å². The van der Waals surface area contributed by atoms with Crippen molar-refractivity contribution in [2.45, 2.75) is 18.9 Å². The van der Waals surface area contributed by atoms with Crippen molar-refractivity contribution in [2.24, 2.45) is 5.73 Å². The molecule has 1 amide bonds. The van der Waals surface area contributed by atoms with Crippen LogP contribution < -0.4 is 5.73 Å². The standard InChI is InChI=1S/C15H17FN2O2/c1-15(20)6-8-18(10-15)14(19)12-5-4-11(3-2-7-17)9-13(12)16/h4-5,9,20H,6-8,10,17H2,1H3. The molecule has 106 valence electrons. The number of nitrogens with two attached hydrogens (primary N) is 1. The van der Waals surface area contributed by atoms with Gasteiger partial charge in [-0.25, -0.2) is 4.39 Å².